The molecule has 1 rings (SSSR count). The molecule has 0 fully saturated rings. The summed E-state index contributed by atoms with van der Waals surface area (Å²) >= 11 is 0. The highest BCUT2D eigenvalue weighted by Gasteiger charge is 2.04. The van der Waals surface area contributed by atoms with E-state index in [0.29, 0.717) is 30.7 Å². The third-order valence-corrected chi connectivity index (χ3v) is 2.48. The number of nitrogen functional groups attached to an aromatic ring is 1. The van der Waals surface area contributed by atoms with E-state index in [4.69, 9.17) is 15.6 Å². The number of carboxylic acid groups (broad SMARTS) is 1. The van der Waals surface area contributed by atoms with Gasteiger partial charge in [-0.1, -0.05) is 12.1 Å². The molecule has 0 heterocycles. The van der Waals surface area contributed by atoms with Gasteiger partial charge in [-0.15, -0.1) is 0 Å². The molecule has 1 aromatic carbocycles. The van der Waals surface area contributed by atoms with Crippen LogP contribution in [0.4, 0.5) is 5.69 Å². The summed E-state index contributed by atoms with van der Waals surface area (Å²) < 4.78 is 4.84. The molecular formula is C14H17NO4. The van der Waals surface area contributed by atoms with Crippen LogP contribution in [0.5, 0.6) is 0 Å². The van der Waals surface area contributed by atoms with Crippen molar-refractivity contribution in [2.75, 3.05) is 12.3 Å². The standard InChI is InChI=1S/C14H17NO4/c1-2-19-14(18)8-4-10-3-5-11(12(15)9-10)6-7-13(16)17/h3,5-7,9H,2,4,8,15H2,1H3,(H,16,17)/b7-6+. The lowest BCUT2D eigenvalue weighted by Gasteiger charge is -2.05. The smallest absolute Gasteiger partial charge is 0.328 e. The minimum Gasteiger partial charge on any atom is -0.478 e. The fourth-order valence-corrected chi connectivity index (χ4v) is 1.57. The molecule has 0 bridgehead atoms. The second kappa shape index (κ2) is 7.20. The molecule has 0 saturated carbocycles. The Hall–Kier alpha value is -2.30. The Labute approximate surface area is 111 Å². The van der Waals surface area contributed by atoms with Gasteiger partial charge >= 0.3 is 11.9 Å². The van der Waals surface area contributed by atoms with E-state index in [1.807, 2.05) is 6.07 Å². The molecule has 0 atom stereocenters. The predicted molar refractivity (Wildman–Crippen MR) is 72.5 cm³/mol. The number of nitrogens with two attached hydrogens (primary N) is 1. The number of anilines is 1. The lowest BCUT2D eigenvalue weighted by Crippen LogP contribution is -2.05. The van der Waals surface area contributed by atoms with Crippen LogP contribution in [0.1, 0.15) is 24.5 Å². The molecule has 0 aliphatic heterocycles. The van der Waals surface area contributed by atoms with Gasteiger partial charge in [0.1, 0.15) is 0 Å². The molecule has 5 nitrogen and oxygen atoms in total. The molecule has 0 radical (unpaired) electrons. The van der Waals surface area contributed by atoms with Crippen LogP contribution in [0.2, 0.25) is 0 Å². The van der Waals surface area contributed by atoms with Crippen LogP contribution in [-0.2, 0) is 20.7 Å². The fraction of sp³-hybridized carbons (Fsp3) is 0.286. The third kappa shape index (κ3) is 5.25. The number of esters is 1. The van der Waals surface area contributed by atoms with Crippen LogP contribution < -0.4 is 5.73 Å². The summed E-state index contributed by atoms with van der Waals surface area (Å²) in [4.78, 5) is 21.6. The van der Waals surface area contributed by atoms with Crippen molar-refractivity contribution in [2.45, 2.75) is 19.8 Å². The van der Waals surface area contributed by atoms with Crippen LogP contribution >= 0.6 is 0 Å². The zero-order valence-corrected chi connectivity index (χ0v) is 10.8. The minimum atomic E-state index is -1.02. The third-order valence-electron chi connectivity index (χ3n) is 2.48. The second-order valence-electron chi connectivity index (χ2n) is 3.94. The maximum Gasteiger partial charge on any atom is 0.328 e. The number of hydrogen-bond donors (Lipinski definition) is 2. The number of hydrogen-bond acceptors (Lipinski definition) is 4. The number of aryl methyl sites for hydroxylation is 1. The Morgan fingerprint density at radius 2 is 2.16 bits per heavy atom. The molecule has 0 spiro atoms. The van der Waals surface area contributed by atoms with E-state index in [1.165, 1.54) is 6.08 Å². The SMILES string of the molecule is CCOC(=O)CCc1ccc(/C=C/C(=O)O)c(N)c1. The highest BCUT2D eigenvalue weighted by molar-refractivity contribution is 5.86. The monoisotopic (exact) mass is 263 g/mol. The number of rotatable bonds is 6. The van der Waals surface area contributed by atoms with Crippen molar-refractivity contribution in [1.82, 2.24) is 0 Å². The molecule has 0 aliphatic rings. The number of carbonyl (C=O) groups excluding carboxylic acids is 1. The molecule has 1 aromatic rings. The maximum absolute atomic E-state index is 11.2. The number of carbonyl (C=O) groups is 2. The summed E-state index contributed by atoms with van der Waals surface area (Å²) in [6.45, 7) is 2.14. The van der Waals surface area contributed by atoms with E-state index < -0.39 is 5.97 Å². The van der Waals surface area contributed by atoms with Crippen LogP contribution in [0, 0.1) is 0 Å². The second-order valence-corrected chi connectivity index (χ2v) is 3.94. The molecule has 5 heteroatoms. The lowest BCUT2D eigenvalue weighted by molar-refractivity contribution is -0.143. The average Bonchev–Trinajstić information content (AvgIpc) is 2.35. The summed E-state index contributed by atoms with van der Waals surface area (Å²) in [5.74, 6) is -1.26. The summed E-state index contributed by atoms with van der Waals surface area (Å²) in [6.07, 6.45) is 3.32. The van der Waals surface area contributed by atoms with E-state index in [1.54, 1.807) is 19.1 Å². The first-order valence-electron chi connectivity index (χ1n) is 5.98. The van der Waals surface area contributed by atoms with Gasteiger partial charge in [0.2, 0.25) is 0 Å². The Morgan fingerprint density at radius 1 is 1.42 bits per heavy atom. The molecule has 19 heavy (non-hydrogen) atoms. The van der Waals surface area contributed by atoms with Crippen molar-refractivity contribution in [1.29, 1.82) is 0 Å². The first kappa shape index (κ1) is 14.8. The van der Waals surface area contributed by atoms with E-state index in [-0.39, 0.29) is 5.97 Å². The predicted octanol–water partition coefficient (Wildman–Crippen LogP) is 1.86. The van der Waals surface area contributed by atoms with Gasteiger partial charge in [-0.2, -0.15) is 0 Å². The zero-order valence-electron chi connectivity index (χ0n) is 10.8. The van der Waals surface area contributed by atoms with E-state index in [0.717, 1.165) is 11.6 Å². The van der Waals surface area contributed by atoms with Gasteiger partial charge in [0.05, 0.1) is 6.61 Å². The number of ether oxygens (including phenoxy) is 1. The summed E-state index contributed by atoms with van der Waals surface area (Å²) in [5, 5.41) is 8.54. The lowest BCUT2D eigenvalue weighted by atomic mass is 10.0. The number of aliphatic carboxylic acids is 1. The number of carboxylic acids is 1. The molecule has 0 aromatic heterocycles. The zero-order chi connectivity index (χ0) is 14.3. The van der Waals surface area contributed by atoms with E-state index in [9.17, 15) is 9.59 Å². The van der Waals surface area contributed by atoms with Crippen LogP contribution in [0.15, 0.2) is 24.3 Å². The van der Waals surface area contributed by atoms with Crippen molar-refractivity contribution in [3.8, 4) is 0 Å². The fourth-order valence-electron chi connectivity index (χ4n) is 1.57. The van der Waals surface area contributed by atoms with Gasteiger partial charge in [-0.3, -0.25) is 4.79 Å². The van der Waals surface area contributed by atoms with Crippen LogP contribution in [0.3, 0.4) is 0 Å². The average molecular weight is 263 g/mol. The Morgan fingerprint density at radius 3 is 2.74 bits per heavy atom. The van der Waals surface area contributed by atoms with Gasteiger partial charge in [-0.25, -0.2) is 4.79 Å². The van der Waals surface area contributed by atoms with Crippen molar-refractivity contribution < 1.29 is 19.4 Å². The highest BCUT2D eigenvalue weighted by atomic mass is 16.5. The minimum absolute atomic E-state index is 0.240. The normalized spacial score (nSPS) is 10.6. The van der Waals surface area contributed by atoms with Crippen molar-refractivity contribution in [3.05, 3.63) is 35.4 Å². The van der Waals surface area contributed by atoms with Gasteiger partial charge in [0.25, 0.3) is 0 Å². The summed E-state index contributed by atoms with van der Waals surface area (Å²) in [5.41, 5.74) is 7.85. The summed E-state index contributed by atoms with van der Waals surface area (Å²) in [7, 11) is 0. The largest absolute Gasteiger partial charge is 0.478 e. The van der Waals surface area contributed by atoms with Crippen molar-refractivity contribution in [3.63, 3.8) is 0 Å². The molecular weight excluding hydrogens is 246 g/mol. The van der Waals surface area contributed by atoms with Crippen LogP contribution in [0.25, 0.3) is 6.08 Å². The van der Waals surface area contributed by atoms with Gasteiger partial charge in [0, 0.05) is 18.2 Å². The molecule has 102 valence electrons. The van der Waals surface area contributed by atoms with Crippen molar-refractivity contribution in [2.24, 2.45) is 0 Å². The Balaban J connectivity index is 2.66. The molecule has 0 saturated heterocycles. The van der Waals surface area contributed by atoms with Crippen molar-refractivity contribution >= 4 is 23.7 Å². The number of benzene rings is 1. The van der Waals surface area contributed by atoms with Gasteiger partial charge in [0.15, 0.2) is 0 Å². The first-order valence-corrected chi connectivity index (χ1v) is 5.98. The topological polar surface area (TPSA) is 89.6 Å². The Kier molecular flexibility index (Phi) is 5.60. The van der Waals surface area contributed by atoms with Gasteiger partial charge < -0.3 is 15.6 Å². The van der Waals surface area contributed by atoms with E-state index >= 15 is 0 Å². The first-order chi connectivity index (χ1) is 9.02. The summed E-state index contributed by atoms with van der Waals surface area (Å²) in [6, 6.07) is 5.28. The highest BCUT2D eigenvalue weighted by Crippen LogP contribution is 2.17. The van der Waals surface area contributed by atoms with Crippen LogP contribution in [-0.4, -0.2) is 23.7 Å². The maximum atomic E-state index is 11.2. The molecule has 0 aliphatic carbocycles. The molecule has 0 amide bonds. The molecule has 3 N–H and O–H groups in total. The quantitative estimate of drug-likeness (QED) is 0.464. The molecule has 0 unspecified atom stereocenters. The Bertz CT molecular complexity index is 494. The van der Waals surface area contributed by atoms with Gasteiger partial charge in [-0.05, 0) is 36.6 Å². The van der Waals surface area contributed by atoms with E-state index in [2.05, 4.69) is 0 Å².